The third-order valence-electron chi connectivity index (χ3n) is 4.24. The molecule has 1 aliphatic carbocycles. The molecule has 4 nitrogen and oxygen atoms in total. The van der Waals surface area contributed by atoms with Gasteiger partial charge < -0.3 is 4.90 Å². The van der Waals surface area contributed by atoms with E-state index in [0.29, 0.717) is 12.6 Å². The number of carbonyl (C=O) groups excluding carboxylic acids is 2. The quantitative estimate of drug-likeness (QED) is 0.801. The summed E-state index contributed by atoms with van der Waals surface area (Å²) in [7, 11) is 0. The zero-order valence-electron chi connectivity index (χ0n) is 10.7. The molecule has 1 saturated heterocycles. The molecule has 1 aliphatic heterocycles. The number of rotatable bonds is 2. The molecule has 2 aliphatic rings. The van der Waals surface area contributed by atoms with Crippen LogP contribution in [0.5, 0.6) is 0 Å². The predicted molar refractivity (Wildman–Crippen MR) is 65.4 cm³/mol. The Morgan fingerprint density at radius 2 is 1.88 bits per heavy atom. The van der Waals surface area contributed by atoms with Gasteiger partial charge in [-0.2, -0.15) is 0 Å². The van der Waals surface area contributed by atoms with E-state index in [9.17, 15) is 9.59 Å². The van der Waals surface area contributed by atoms with Gasteiger partial charge in [-0.05, 0) is 31.6 Å². The Morgan fingerprint density at radius 1 is 1.24 bits per heavy atom. The van der Waals surface area contributed by atoms with Gasteiger partial charge in [-0.15, -0.1) is 0 Å². The van der Waals surface area contributed by atoms with E-state index in [1.165, 1.54) is 19.3 Å². The lowest BCUT2D eigenvalue weighted by molar-refractivity contribution is -0.125. The molecule has 1 unspecified atom stereocenters. The van der Waals surface area contributed by atoms with Crippen molar-refractivity contribution in [2.75, 3.05) is 6.54 Å². The second-order valence-electron chi connectivity index (χ2n) is 5.43. The minimum Gasteiger partial charge on any atom is -0.321 e. The Labute approximate surface area is 103 Å². The fourth-order valence-electron chi connectivity index (χ4n) is 2.94. The van der Waals surface area contributed by atoms with Crippen molar-refractivity contribution >= 4 is 11.9 Å². The van der Waals surface area contributed by atoms with Crippen LogP contribution in [-0.2, 0) is 4.79 Å². The molecule has 2 rings (SSSR count). The molecule has 0 aromatic carbocycles. The lowest BCUT2D eigenvalue weighted by Crippen LogP contribution is -2.57. The molecule has 0 spiro atoms. The molecule has 1 heterocycles. The summed E-state index contributed by atoms with van der Waals surface area (Å²) in [5.74, 6) is 0.628. The highest BCUT2D eigenvalue weighted by molar-refractivity contribution is 5.97. The largest absolute Gasteiger partial charge is 0.324 e. The molecule has 0 radical (unpaired) electrons. The van der Waals surface area contributed by atoms with Gasteiger partial charge in [0, 0.05) is 12.6 Å². The highest BCUT2D eigenvalue weighted by Crippen LogP contribution is 2.30. The van der Waals surface area contributed by atoms with Crippen molar-refractivity contribution in [3.63, 3.8) is 0 Å². The first-order valence-corrected chi connectivity index (χ1v) is 6.73. The minimum atomic E-state index is -0.187. The van der Waals surface area contributed by atoms with Crippen LogP contribution >= 0.6 is 0 Å². The molecular weight excluding hydrogens is 216 g/mol. The van der Waals surface area contributed by atoms with E-state index >= 15 is 0 Å². The third kappa shape index (κ3) is 2.61. The minimum absolute atomic E-state index is 0.0726. The van der Waals surface area contributed by atoms with Gasteiger partial charge in [-0.3, -0.25) is 10.1 Å². The SMILES string of the molecule is CCC1CCC(N2CC(C)C(=O)NC2=O)CC1. The summed E-state index contributed by atoms with van der Waals surface area (Å²) in [5, 5.41) is 2.45. The first-order chi connectivity index (χ1) is 8.11. The lowest BCUT2D eigenvalue weighted by atomic mass is 9.83. The van der Waals surface area contributed by atoms with Crippen molar-refractivity contribution in [2.24, 2.45) is 11.8 Å². The van der Waals surface area contributed by atoms with Crippen LogP contribution in [0, 0.1) is 11.8 Å². The van der Waals surface area contributed by atoms with Crippen LogP contribution < -0.4 is 5.32 Å². The van der Waals surface area contributed by atoms with Gasteiger partial charge in [-0.1, -0.05) is 20.3 Å². The lowest BCUT2D eigenvalue weighted by Gasteiger charge is -2.40. The number of nitrogens with one attached hydrogen (secondary N) is 1. The molecule has 4 heteroatoms. The summed E-state index contributed by atoms with van der Waals surface area (Å²) in [6.07, 6.45) is 5.86. The van der Waals surface area contributed by atoms with Gasteiger partial charge in [0.15, 0.2) is 0 Å². The molecule has 1 atom stereocenters. The van der Waals surface area contributed by atoms with Crippen LogP contribution in [0.1, 0.15) is 46.0 Å². The van der Waals surface area contributed by atoms with E-state index in [1.807, 2.05) is 11.8 Å². The summed E-state index contributed by atoms with van der Waals surface area (Å²) >= 11 is 0. The number of imide groups is 1. The first-order valence-electron chi connectivity index (χ1n) is 6.73. The number of hydrogen-bond donors (Lipinski definition) is 1. The number of carbonyl (C=O) groups is 2. The van der Waals surface area contributed by atoms with Crippen LogP contribution in [0.2, 0.25) is 0 Å². The van der Waals surface area contributed by atoms with Gasteiger partial charge in [0.2, 0.25) is 5.91 Å². The number of amides is 3. The standard InChI is InChI=1S/C13H22N2O2/c1-3-10-4-6-11(7-5-10)15-8-9(2)12(16)14-13(15)17/h9-11H,3-8H2,1-2H3,(H,14,16,17). The second kappa shape index (κ2) is 5.07. The zero-order valence-corrected chi connectivity index (χ0v) is 10.7. The van der Waals surface area contributed by atoms with Crippen LogP contribution in [-0.4, -0.2) is 29.4 Å². The number of urea groups is 1. The van der Waals surface area contributed by atoms with Crippen LogP contribution in [0.25, 0.3) is 0 Å². The maximum Gasteiger partial charge on any atom is 0.324 e. The van der Waals surface area contributed by atoms with E-state index in [2.05, 4.69) is 12.2 Å². The molecular formula is C13H22N2O2. The first kappa shape index (κ1) is 12.4. The molecule has 17 heavy (non-hydrogen) atoms. The molecule has 1 N–H and O–H groups in total. The average Bonchev–Trinajstić information content (AvgIpc) is 2.34. The molecule has 2 fully saturated rings. The van der Waals surface area contributed by atoms with Crippen molar-refractivity contribution in [3.05, 3.63) is 0 Å². The van der Waals surface area contributed by atoms with Crippen molar-refractivity contribution in [2.45, 2.75) is 52.0 Å². The highest BCUT2D eigenvalue weighted by atomic mass is 16.2. The van der Waals surface area contributed by atoms with Crippen molar-refractivity contribution in [1.82, 2.24) is 10.2 Å². The van der Waals surface area contributed by atoms with Gasteiger partial charge >= 0.3 is 6.03 Å². The molecule has 3 amide bonds. The van der Waals surface area contributed by atoms with Gasteiger partial charge in [0.1, 0.15) is 0 Å². The number of nitrogens with zero attached hydrogens (tertiary/aromatic N) is 1. The van der Waals surface area contributed by atoms with Gasteiger partial charge in [-0.25, -0.2) is 4.79 Å². The summed E-state index contributed by atoms with van der Waals surface area (Å²) in [4.78, 5) is 25.0. The molecule has 96 valence electrons. The van der Waals surface area contributed by atoms with Crippen molar-refractivity contribution in [1.29, 1.82) is 0 Å². The zero-order chi connectivity index (χ0) is 12.4. The maximum atomic E-state index is 11.8. The Balaban J connectivity index is 1.94. The summed E-state index contributed by atoms with van der Waals surface area (Å²) in [6, 6.07) is 0.154. The second-order valence-corrected chi connectivity index (χ2v) is 5.43. The predicted octanol–water partition coefficient (Wildman–Crippen LogP) is 2.14. The van der Waals surface area contributed by atoms with E-state index < -0.39 is 0 Å². The molecule has 1 saturated carbocycles. The molecule has 0 bridgehead atoms. The topological polar surface area (TPSA) is 49.4 Å². The molecule has 0 aromatic rings. The average molecular weight is 238 g/mol. The van der Waals surface area contributed by atoms with Crippen molar-refractivity contribution in [3.8, 4) is 0 Å². The van der Waals surface area contributed by atoms with Crippen LogP contribution in [0.15, 0.2) is 0 Å². The highest BCUT2D eigenvalue weighted by Gasteiger charge is 2.35. The Kier molecular flexibility index (Phi) is 3.69. The Bertz CT molecular complexity index is 309. The van der Waals surface area contributed by atoms with Crippen LogP contribution in [0.3, 0.4) is 0 Å². The summed E-state index contributed by atoms with van der Waals surface area (Å²) in [6.45, 7) is 4.71. The van der Waals surface area contributed by atoms with E-state index in [1.54, 1.807) is 0 Å². The Morgan fingerprint density at radius 3 is 2.47 bits per heavy atom. The fourth-order valence-corrected chi connectivity index (χ4v) is 2.94. The normalized spacial score (nSPS) is 34.7. The molecule has 0 aromatic heterocycles. The smallest absolute Gasteiger partial charge is 0.321 e. The Hall–Kier alpha value is -1.06. The summed E-state index contributed by atoms with van der Waals surface area (Å²) < 4.78 is 0. The third-order valence-corrected chi connectivity index (χ3v) is 4.24. The van der Waals surface area contributed by atoms with E-state index in [0.717, 1.165) is 18.8 Å². The van der Waals surface area contributed by atoms with Gasteiger partial charge in [0.25, 0.3) is 0 Å². The fraction of sp³-hybridized carbons (Fsp3) is 0.846. The van der Waals surface area contributed by atoms with Crippen molar-refractivity contribution < 1.29 is 9.59 Å². The van der Waals surface area contributed by atoms with Gasteiger partial charge in [0.05, 0.1) is 5.92 Å². The van der Waals surface area contributed by atoms with Crippen LogP contribution in [0.4, 0.5) is 4.79 Å². The maximum absolute atomic E-state index is 11.8. The number of hydrogen-bond acceptors (Lipinski definition) is 2. The van der Waals surface area contributed by atoms with E-state index in [-0.39, 0.29) is 17.9 Å². The summed E-state index contributed by atoms with van der Waals surface area (Å²) in [5.41, 5.74) is 0. The van der Waals surface area contributed by atoms with E-state index in [4.69, 9.17) is 0 Å². The monoisotopic (exact) mass is 238 g/mol.